The molecule has 0 spiro atoms. The van der Waals surface area contributed by atoms with Crippen LogP contribution in [0.3, 0.4) is 0 Å². The van der Waals surface area contributed by atoms with Gasteiger partial charge in [0.25, 0.3) is 0 Å². The molecule has 0 radical (unpaired) electrons. The Balaban J connectivity index is 2.19. The molecule has 0 aliphatic carbocycles. The molecule has 1 atom stereocenters. The predicted molar refractivity (Wildman–Crippen MR) is 57.8 cm³/mol. The fourth-order valence-corrected chi connectivity index (χ4v) is 1.72. The predicted octanol–water partition coefficient (Wildman–Crippen LogP) is 3.29. The SMILES string of the molecule is CCCC1C=Cc2ccccc2N1. The number of hydrogen-bond donors (Lipinski definition) is 1. The zero-order valence-electron chi connectivity index (χ0n) is 7.96. The summed E-state index contributed by atoms with van der Waals surface area (Å²) in [7, 11) is 0. The Morgan fingerprint density at radius 1 is 1.31 bits per heavy atom. The average Bonchev–Trinajstić information content (AvgIpc) is 2.18. The van der Waals surface area contributed by atoms with Crippen molar-refractivity contribution in [3.8, 4) is 0 Å². The molecule has 1 heterocycles. The fraction of sp³-hybridized carbons (Fsp3) is 0.333. The monoisotopic (exact) mass is 173 g/mol. The van der Waals surface area contributed by atoms with E-state index in [9.17, 15) is 0 Å². The topological polar surface area (TPSA) is 12.0 Å². The van der Waals surface area contributed by atoms with Crippen LogP contribution in [-0.4, -0.2) is 6.04 Å². The second kappa shape index (κ2) is 3.65. The Morgan fingerprint density at radius 3 is 3.00 bits per heavy atom. The van der Waals surface area contributed by atoms with Gasteiger partial charge < -0.3 is 5.32 Å². The molecule has 0 amide bonds. The molecule has 1 aromatic rings. The molecule has 1 heteroatoms. The van der Waals surface area contributed by atoms with Gasteiger partial charge >= 0.3 is 0 Å². The Morgan fingerprint density at radius 2 is 2.15 bits per heavy atom. The minimum absolute atomic E-state index is 0.528. The zero-order chi connectivity index (χ0) is 9.10. The number of fused-ring (bicyclic) bond motifs is 1. The number of hydrogen-bond acceptors (Lipinski definition) is 1. The summed E-state index contributed by atoms with van der Waals surface area (Å²) in [5, 5.41) is 3.51. The third kappa shape index (κ3) is 1.74. The highest BCUT2D eigenvalue weighted by Crippen LogP contribution is 2.23. The summed E-state index contributed by atoms with van der Waals surface area (Å²) in [5.41, 5.74) is 2.57. The van der Waals surface area contributed by atoms with Gasteiger partial charge in [-0.2, -0.15) is 0 Å². The minimum Gasteiger partial charge on any atom is -0.378 e. The van der Waals surface area contributed by atoms with Crippen molar-refractivity contribution in [1.82, 2.24) is 0 Å². The molecular weight excluding hydrogens is 158 g/mol. The van der Waals surface area contributed by atoms with Gasteiger partial charge in [-0.1, -0.05) is 43.7 Å². The van der Waals surface area contributed by atoms with Crippen molar-refractivity contribution in [3.05, 3.63) is 35.9 Å². The number of nitrogens with one attached hydrogen (secondary N) is 1. The van der Waals surface area contributed by atoms with E-state index in [1.54, 1.807) is 0 Å². The summed E-state index contributed by atoms with van der Waals surface area (Å²) in [6, 6.07) is 8.96. The van der Waals surface area contributed by atoms with Crippen molar-refractivity contribution < 1.29 is 0 Å². The van der Waals surface area contributed by atoms with Crippen LogP contribution in [0.2, 0.25) is 0 Å². The summed E-state index contributed by atoms with van der Waals surface area (Å²) >= 11 is 0. The lowest BCUT2D eigenvalue weighted by Gasteiger charge is -2.21. The van der Waals surface area contributed by atoms with E-state index in [-0.39, 0.29) is 0 Å². The van der Waals surface area contributed by atoms with E-state index < -0.39 is 0 Å². The molecule has 1 unspecified atom stereocenters. The number of anilines is 1. The van der Waals surface area contributed by atoms with Gasteiger partial charge in [-0.15, -0.1) is 0 Å². The maximum Gasteiger partial charge on any atom is 0.0447 e. The Labute approximate surface area is 79.5 Å². The molecule has 1 N–H and O–H groups in total. The van der Waals surface area contributed by atoms with Gasteiger partial charge in [0.05, 0.1) is 0 Å². The standard InChI is InChI=1S/C12H15N/c1-2-5-11-9-8-10-6-3-4-7-12(10)13-11/h3-4,6-9,11,13H,2,5H2,1H3. The van der Waals surface area contributed by atoms with Gasteiger partial charge in [0.15, 0.2) is 0 Å². The van der Waals surface area contributed by atoms with Crippen molar-refractivity contribution in [1.29, 1.82) is 0 Å². The lowest BCUT2D eigenvalue weighted by Crippen LogP contribution is -2.19. The maximum atomic E-state index is 3.51. The molecule has 2 rings (SSSR count). The Hall–Kier alpha value is -1.24. The van der Waals surface area contributed by atoms with Gasteiger partial charge in [-0.3, -0.25) is 0 Å². The lowest BCUT2D eigenvalue weighted by molar-refractivity contribution is 0.738. The van der Waals surface area contributed by atoms with Gasteiger partial charge in [-0.25, -0.2) is 0 Å². The van der Waals surface area contributed by atoms with E-state index in [0.717, 1.165) is 0 Å². The molecule has 0 aromatic heterocycles. The van der Waals surface area contributed by atoms with Crippen LogP contribution >= 0.6 is 0 Å². The van der Waals surface area contributed by atoms with Crippen LogP contribution in [0.1, 0.15) is 25.3 Å². The molecule has 0 saturated carbocycles. The van der Waals surface area contributed by atoms with E-state index in [1.165, 1.54) is 24.1 Å². The van der Waals surface area contributed by atoms with E-state index in [2.05, 4.69) is 48.7 Å². The van der Waals surface area contributed by atoms with E-state index in [0.29, 0.717) is 6.04 Å². The Kier molecular flexibility index (Phi) is 2.35. The summed E-state index contributed by atoms with van der Waals surface area (Å²) in [5.74, 6) is 0. The third-order valence-corrected chi connectivity index (χ3v) is 2.41. The maximum absolute atomic E-state index is 3.51. The second-order valence-electron chi connectivity index (χ2n) is 3.49. The van der Waals surface area contributed by atoms with Crippen LogP contribution < -0.4 is 5.32 Å². The largest absolute Gasteiger partial charge is 0.378 e. The lowest BCUT2D eigenvalue weighted by atomic mass is 10.0. The van der Waals surface area contributed by atoms with Gasteiger partial charge in [0.2, 0.25) is 0 Å². The normalized spacial score (nSPS) is 19.3. The van der Waals surface area contributed by atoms with Crippen LogP contribution in [0.4, 0.5) is 5.69 Å². The molecular formula is C12H15N. The van der Waals surface area contributed by atoms with Crippen LogP contribution in [-0.2, 0) is 0 Å². The first-order chi connectivity index (χ1) is 6.40. The molecule has 1 aliphatic heterocycles. The fourth-order valence-electron chi connectivity index (χ4n) is 1.72. The summed E-state index contributed by atoms with van der Waals surface area (Å²) in [4.78, 5) is 0. The molecule has 0 bridgehead atoms. The van der Waals surface area contributed by atoms with Crippen molar-refractivity contribution in [2.24, 2.45) is 0 Å². The van der Waals surface area contributed by atoms with Crippen LogP contribution in [0, 0.1) is 0 Å². The van der Waals surface area contributed by atoms with Crippen molar-refractivity contribution in [2.45, 2.75) is 25.8 Å². The van der Waals surface area contributed by atoms with Crippen LogP contribution in [0.5, 0.6) is 0 Å². The van der Waals surface area contributed by atoms with Gasteiger partial charge in [0, 0.05) is 11.7 Å². The highest BCUT2D eigenvalue weighted by Gasteiger charge is 2.09. The quantitative estimate of drug-likeness (QED) is 0.723. The summed E-state index contributed by atoms with van der Waals surface area (Å²) in [6.45, 7) is 2.22. The summed E-state index contributed by atoms with van der Waals surface area (Å²) < 4.78 is 0. The average molecular weight is 173 g/mol. The highest BCUT2D eigenvalue weighted by molar-refractivity contribution is 5.70. The molecule has 1 aromatic carbocycles. The second-order valence-corrected chi connectivity index (χ2v) is 3.49. The number of benzene rings is 1. The van der Waals surface area contributed by atoms with Gasteiger partial charge in [0.1, 0.15) is 0 Å². The van der Waals surface area contributed by atoms with E-state index in [4.69, 9.17) is 0 Å². The summed E-state index contributed by atoms with van der Waals surface area (Å²) in [6.07, 6.45) is 6.91. The highest BCUT2D eigenvalue weighted by atomic mass is 14.9. The first-order valence-corrected chi connectivity index (χ1v) is 4.94. The molecule has 1 nitrogen and oxygen atoms in total. The zero-order valence-corrected chi connectivity index (χ0v) is 7.96. The first-order valence-electron chi connectivity index (χ1n) is 4.94. The molecule has 0 fully saturated rings. The van der Waals surface area contributed by atoms with E-state index >= 15 is 0 Å². The Bertz CT molecular complexity index is 315. The molecule has 0 saturated heterocycles. The van der Waals surface area contributed by atoms with Crippen LogP contribution in [0.25, 0.3) is 6.08 Å². The smallest absolute Gasteiger partial charge is 0.0447 e. The number of para-hydroxylation sites is 1. The van der Waals surface area contributed by atoms with Crippen molar-refractivity contribution in [2.75, 3.05) is 5.32 Å². The third-order valence-electron chi connectivity index (χ3n) is 2.41. The molecule has 68 valence electrons. The first kappa shape index (κ1) is 8.36. The molecule has 13 heavy (non-hydrogen) atoms. The minimum atomic E-state index is 0.528. The molecule has 1 aliphatic rings. The van der Waals surface area contributed by atoms with E-state index in [1.807, 2.05) is 0 Å². The van der Waals surface area contributed by atoms with Crippen LogP contribution in [0.15, 0.2) is 30.3 Å². The number of rotatable bonds is 2. The van der Waals surface area contributed by atoms with Gasteiger partial charge in [-0.05, 0) is 18.1 Å². The van der Waals surface area contributed by atoms with Crippen molar-refractivity contribution >= 4 is 11.8 Å². The van der Waals surface area contributed by atoms with Crippen molar-refractivity contribution in [3.63, 3.8) is 0 Å².